The van der Waals surface area contributed by atoms with Crippen LogP contribution in [0.1, 0.15) is 25.7 Å². The van der Waals surface area contributed by atoms with E-state index in [1.165, 1.54) is 31.4 Å². The van der Waals surface area contributed by atoms with E-state index < -0.39 is 0 Å². The predicted molar refractivity (Wildman–Crippen MR) is 85.5 cm³/mol. The highest BCUT2D eigenvalue weighted by molar-refractivity contribution is 7.80. The molecule has 0 bridgehead atoms. The second-order valence-corrected chi connectivity index (χ2v) is 5.94. The lowest BCUT2D eigenvalue weighted by Gasteiger charge is -2.37. The van der Waals surface area contributed by atoms with E-state index in [1.54, 1.807) is 12.1 Å². The Morgan fingerprint density at radius 3 is 2.50 bits per heavy atom. The fourth-order valence-corrected chi connectivity index (χ4v) is 3.04. The molecule has 2 rings (SSSR count). The molecular weight excluding hydrogens is 273 g/mol. The molecule has 0 spiro atoms. The van der Waals surface area contributed by atoms with Gasteiger partial charge < -0.3 is 15.5 Å². The van der Waals surface area contributed by atoms with Crippen LogP contribution in [-0.4, -0.2) is 36.2 Å². The van der Waals surface area contributed by atoms with Crippen molar-refractivity contribution in [3.63, 3.8) is 0 Å². The zero-order chi connectivity index (χ0) is 14.5. The quantitative estimate of drug-likeness (QED) is 0.838. The largest absolute Gasteiger partial charge is 0.358 e. The molecule has 5 heteroatoms. The fourth-order valence-electron chi connectivity index (χ4n) is 2.77. The number of halogens is 1. The molecule has 110 valence electrons. The first kappa shape index (κ1) is 15.2. The van der Waals surface area contributed by atoms with E-state index >= 15 is 0 Å². The molecule has 2 N–H and O–H groups in total. The van der Waals surface area contributed by atoms with Crippen molar-refractivity contribution in [1.82, 2.24) is 10.2 Å². The smallest absolute Gasteiger partial charge is 0.171 e. The van der Waals surface area contributed by atoms with Gasteiger partial charge in [-0.25, -0.2) is 4.39 Å². The van der Waals surface area contributed by atoms with E-state index in [0.717, 1.165) is 12.1 Å². The Hall–Kier alpha value is -1.20. The molecule has 0 amide bonds. The van der Waals surface area contributed by atoms with Crippen molar-refractivity contribution in [1.29, 1.82) is 0 Å². The zero-order valence-electron chi connectivity index (χ0n) is 12.0. The third-order valence-electron chi connectivity index (χ3n) is 3.81. The summed E-state index contributed by atoms with van der Waals surface area (Å²) in [5.41, 5.74) is 0.807. The minimum Gasteiger partial charge on any atom is -0.358 e. The second kappa shape index (κ2) is 6.99. The molecule has 0 radical (unpaired) electrons. The van der Waals surface area contributed by atoms with Crippen molar-refractivity contribution in [3.8, 4) is 0 Å². The van der Waals surface area contributed by atoms with Crippen LogP contribution in [0.4, 0.5) is 10.1 Å². The molecule has 3 nitrogen and oxygen atoms in total. The molecule has 1 fully saturated rings. The molecule has 1 aromatic rings. The summed E-state index contributed by atoms with van der Waals surface area (Å²) in [5, 5.41) is 7.12. The molecule has 0 saturated heterocycles. The summed E-state index contributed by atoms with van der Waals surface area (Å²) in [6.07, 6.45) is 4.85. The van der Waals surface area contributed by atoms with Crippen LogP contribution >= 0.6 is 12.2 Å². The van der Waals surface area contributed by atoms with Crippen molar-refractivity contribution >= 4 is 23.0 Å². The Kier molecular flexibility index (Phi) is 5.31. The predicted octanol–water partition coefficient (Wildman–Crippen LogP) is 2.98. The lowest BCUT2D eigenvalue weighted by Crippen LogP contribution is -2.52. The molecule has 0 unspecified atom stereocenters. The Labute approximate surface area is 125 Å². The molecule has 1 saturated carbocycles. The molecule has 1 aromatic carbocycles. The van der Waals surface area contributed by atoms with Gasteiger partial charge in [-0.3, -0.25) is 0 Å². The van der Waals surface area contributed by atoms with Crippen molar-refractivity contribution in [2.45, 2.75) is 37.8 Å². The Morgan fingerprint density at radius 2 is 1.85 bits per heavy atom. The highest BCUT2D eigenvalue weighted by Crippen LogP contribution is 2.21. The third-order valence-corrected chi connectivity index (χ3v) is 4.03. The van der Waals surface area contributed by atoms with Gasteiger partial charge in [-0.2, -0.15) is 0 Å². The van der Waals surface area contributed by atoms with Crippen molar-refractivity contribution in [2.24, 2.45) is 0 Å². The maximum Gasteiger partial charge on any atom is 0.171 e. The molecule has 0 aliphatic heterocycles. The summed E-state index contributed by atoms with van der Waals surface area (Å²) in [4.78, 5) is 2.26. The van der Waals surface area contributed by atoms with Crippen LogP contribution < -0.4 is 10.6 Å². The minimum absolute atomic E-state index is 0.241. The van der Waals surface area contributed by atoms with Crippen molar-refractivity contribution in [2.75, 3.05) is 19.4 Å². The number of hydrogen-bond donors (Lipinski definition) is 2. The summed E-state index contributed by atoms with van der Waals surface area (Å²) < 4.78 is 12.9. The van der Waals surface area contributed by atoms with Crippen LogP contribution in [-0.2, 0) is 0 Å². The second-order valence-electron chi connectivity index (χ2n) is 5.53. The van der Waals surface area contributed by atoms with E-state index in [2.05, 4.69) is 29.6 Å². The summed E-state index contributed by atoms with van der Waals surface area (Å²) >= 11 is 5.35. The highest BCUT2D eigenvalue weighted by atomic mass is 32.1. The number of nitrogens with zero attached hydrogens (tertiary/aromatic N) is 1. The minimum atomic E-state index is -0.241. The maximum atomic E-state index is 12.9. The summed E-state index contributed by atoms with van der Waals surface area (Å²) in [7, 11) is 4.22. The van der Waals surface area contributed by atoms with Gasteiger partial charge in [0, 0.05) is 17.8 Å². The van der Waals surface area contributed by atoms with Crippen LogP contribution in [0.25, 0.3) is 0 Å². The molecule has 1 aliphatic rings. The topological polar surface area (TPSA) is 27.3 Å². The average Bonchev–Trinajstić information content (AvgIpc) is 2.41. The van der Waals surface area contributed by atoms with Crippen LogP contribution in [0.3, 0.4) is 0 Å². The lowest BCUT2D eigenvalue weighted by atomic mass is 9.90. The lowest BCUT2D eigenvalue weighted by molar-refractivity contribution is 0.190. The van der Waals surface area contributed by atoms with Gasteiger partial charge in [-0.05, 0) is 63.4 Å². The average molecular weight is 295 g/mol. The molecule has 0 aromatic heterocycles. The highest BCUT2D eigenvalue weighted by Gasteiger charge is 2.26. The zero-order valence-corrected chi connectivity index (χ0v) is 12.8. The van der Waals surface area contributed by atoms with Gasteiger partial charge >= 0.3 is 0 Å². The normalized spacial score (nSPS) is 22.6. The van der Waals surface area contributed by atoms with Crippen LogP contribution in [0.15, 0.2) is 24.3 Å². The van der Waals surface area contributed by atoms with E-state index in [-0.39, 0.29) is 5.82 Å². The van der Waals surface area contributed by atoms with Gasteiger partial charge in [0.2, 0.25) is 0 Å². The van der Waals surface area contributed by atoms with Gasteiger partial charge in [0.15, 0.2) is 5.11 Å². The Bertz CT molecular complexity index is 447. The number of anilines is 1. The van der Waals surface area contributed by atoms with Crippen LogP contribution in [0.5, 0.6) is 0 Å². The monoisotopic (exact) mass is 295 g/mol. The number of nitrogens with one attached hydrogen (secondary N) is 2. The number of hydrogen-bond acceptors (Lipinski definition) is 2. The first-order valence-electron chi connectivity index (χ1n) is 7.06. The number of benzene rings is 1. The van der Waals surface area contributed by atoms with Gasteiger partial charge in [0.05, 0.1) is 0 Å². The SMILES string of the molecule is CN(C)[C@@H]1CCCC[C@H]1NC(=S)Nc1ccc(F)cc1. The fraction of sp³-hybridized carbons (Fsp3) is 0.533. The first-order chi connectivity index (χ1) is 9.56. The standard InChI is InChI=1S/C15H22FN3S/c1-19(2)14-6-4-3-5-13(14)18-15(20)17-12-9-7-11(16)8-10-12/h7-10,13-14H,3-6H2,1-2H3,(H2,17,18,20)/t13-,14-/m1/s1. The molecule has 20 heavy (non-hydrogen) atoms. The molecular formula is C15H22FN3S. The maximum absolute atomic E-state index is 12.9. The van der Waals surface area contributed by atoms with Crippen LogP contribution in [0.2, 0.25) is 0 Å². The van der Waals surface area contributed by atoms with Crippen molar-refractivity contribution < 1.29 is 4.39 Å². The number of likely N-dealkylation sites (N-methyl/N-ethyl adjacent to an activating group) is 1. The summed E-state index contributed by atoms with van der Waals surface area (Å²) in [5.74, 6) is -0.241. The Morgan fingerprint density at radius 1 is 1.20 bits per heavy atom. The van der Waals surface area contributed by atoms with Crippen molar-refractivity contribution in [3.05, 3.63) is 30.1 Å². The van der Waals surface area contributed by atoms with E-state index in [9.17, 15) is 4.39 Å². The van der Waals surface area contributed by atoms with E-state index in [1.807, 2.05) is 0 Å². The van der Waals surface area contributed by atoms with Crippen LogP contribution in [0, 0.1) is 5.82 Å². The molecule has 1 aliphatic carbocycles. The van der Waals surface area contributed by atoms with Gasteiger partial charge in [-0.15, -0.1) is 0 Å². The molecule has 2 atom stereocenters. The number of rotatable bonds is 3. The van der Waals surface area contributed by atoms with E-state index in [4.69, 9.17) is 12.2 Å². The Balaban J connectivity index is 1.91. The van der Waals surface area contributed by atoms with Gasteiger partial charge in [-0.1, -0.05) is 12.8 Å². The number of thiocarbonyl (C=S) groups is 1. The third kappa shape index (κ3) is 4.15. The van der Waals surface area contributed by atoms with E-state index in [0.29, 0.717) is 17.2 Å². The summed E-state index contributed by atoms with van der Waals surface area (Å²) in [6.45, 7) is 0. The van der Waals surface area contributed by atoms with Gasteiger partial charge in [0.25, 0.3) is 0 Å². The van der Waals surface area contributed by atoms with Gasteiger partial charge in [0.1, 0.15) is 5.82 Å². The summed E-state index contributed by atoms with van der Waals surface area (Å²) in [6, 6.07) is 7.11. The first-order valence-corrected chi connectivity index (χ1v) is 7.46. The molecule has 0 heterocycles.